The smallest absolute Gasteiger partial charge is 0.225 e. The van der Waals surface area contributed by atoms with E-state index >= 15 is 0 Å². The van der Waals surface area contributed by atoms with Gasteiger partial charge < -0.3 is 19.7 Å². The third-order valence-corrected chi connectivity index (χ3v) is 3.72. The maximum absolute atomic E-state index is 12.3. The number of nitrogens with one attached hydrogen (secondary N) is 1. The predicted octanol–water partition coefficient (Wildman–Crippen LogP) is 1.98. The van der Waals surface area contributed by atoms with E-state index in [9.17, 15) is 4.79 Å². The van der Waals surface area contributed by atoms with Gasteiger partial charge in [0.1, 0.15) is 5.75 Å². The molecule has 0 aromatic heterocycles. The largest absolute Gasteiger partial charge is 0.491 e. The van der Waals surface area contributed by atoms with Crippen molar-refractivity contribution in [2.75, 3.05) is 33.4 Å². The van der Waals surface area contributed by atoms with Gasteiger partial charge in [0.25, 0.3) is 0 Å². The fourth-order valence-corrected chi connectivity index (χ4v) is 2.67. The Bertz CT molecular complexity index is 473. The SMILES string of the molecule is COCCC(=O)N1CCNC[C@H]1c1ccc(OC(C)C)cc1. The Kier molecular flexibility index (Phi) is 6.21. The summed E-state index contributed by atoms with van der Waals surface area (Å²) >= 11 is 0. The summed E-state index contributed by atoms with van der Waals surface area (Å²) in [5.74, 6) is 1.01. The van der Waals surface area contributed by atoms with E-state index in [0.717, 1.165) is 30.9 Å². The number of piperazine rings is 1. The Morgan fingerprint density at radius 1 is 1.36 bits per heavy atom. The lowest BCUT2D eigenvalue weighted by Crippen LogP contribution is -2.48. The monoisotopic (exact) mass is 306 g/mol. The number of ether oxygens (including phenoxy) is 2. The molecule has 1 atom stereocenters. The van der Waals surface area contributed by atoms with Crippen LogP contribution in [0.3, 0.4) is 0 Å². The lowest BCUT2D eigenvalue weighted by Gasteiger charge is -2.36. The van der Waals surface area contributed by atoms with Crippen molar-refractivity contribution in [2.45, 2.75) is 32.4 Å². The normalized spacial score (nSPS) is 18.5. The minimum atomic E-state index is 0.0752. The molecule has 122 valence electrons. The van der Waals surface area contributed by atoms with Gasteiger partial charge in [-0.05, 0) is 31.5 Å². The van der Waals surface area contributed by atoms with Gasteiger partial charge in [-0.25, -0.2) is 0 Å². The molecule has 0 spiro atoms. The maximum Gasteiger partial charge on any atom is 0.225 e. The highest BCUT2D eigenvalue weighted by Crippen LogP contribution is 2.25. The van der Waals surface area contributed by atoms with Crippen LogP contribution in [0.5, 0.6) is 5.75 Å². The van der Waals surface area contributed by atoms with Crippen LogP contribution in [-0.4, -0.2) is 50.3 Å². The van der Waals surface area contributed by atoms with E-state index in [4.69, 9.17) is 9.47 Å². The van der Waals surface area contributed by atoms with Crippen molar-refractivity contribution in [1.82, 2.24) is 10.2 Å². The summed E-state index contributed by atoms with van der Waals surface area (Å²) in [6.45, 7) is 6.84. The minimum Gasteiger partial charge on any atom is -0.491 e. The van der Waals surface area contributed by atoms with Gasteiger partial charge in [0.15, 0.2) is 0 Å². The van der Waals surface area contributed by atoms with Gasteiger partial charge in [-0.2, -0.15) is 0 Å². The second-order valence-corrected chi connectivity index (χ2v) is 5.79. The zero-order valence-corrected chi connectivity index (χ0v) is 13.7. The highest BCUT2D eigenvalue weighted by Gasteiger charge is 2.27. The number of nitrogens with zero attached hydrogens (tertiary/aromatic N) is 1. The summed E-state index contributed by atoms with van der Waals surface area (Å²) in [7, 11) is 1.62. The zero-order valence-electron chi connectivity index (χ0n) is 13.7. The van der Waals surface area contributed by atoms with Gasteiger partial charge in [0.05, 0.1) is 25.2 Å². The molecule has 5 heteroatoms. The second kappa shape index (κ2) is 8.15. The van der Waals surface area contributed by atoms with Crippen molar-refractivity contribution in [3.05, 3.63) is 29.8 Å². The van der Waals surface area contributed by atoms with Crippen LogP contribution in [0.15, 0.2) is 24.3 Å². The molecule has 1 heterocycles. The van der Waals surface area contributed by atoms with Crippen LogP contribution < -0.4 is 10.1 Å². The molecule has 0 aliphatic carbocycles. The van der Waals surface area contributed by atoms with Crippen LogP contribution in [0.25, 0.3) is 0 Å². The van der Waals surface area contributed by atoms with Crippen molar-refractivity contribution in [3.63, 3.8) is 0 Å². The van der Waals surface area contributed by atoms with Crippen LogP contribution in [-0.2, 0) is 9.53 Å². The van der Waals surface area contributed by atoms with Crippen molar-refractivity contribution >= 4 is 5.91 Å². The molecule has 0 unspecified atom stereocenters. The molecule has 1 fully saturated rings. The van der Waals surface area contributed by atoms with E-state index in [1.807, 2.05) is 43.0 Å². The van der Waals surface area contributed by atoms with Crippen LogP contribution in [0.4, 0.5) is 0 Å². The molecule has 5 nitrogen and oxygen atoms in total. The first-order chi connectivity index (χ1) is 10.6. The van der Waals surface area contributed by atoms with Gasteiger partial charge in [0, 0.05) is 26.7 Å². The molecule has 1 amide bonds. The molecule has 0 radical (unpaired) electrons. The number of carbonyl (C=O) groups is 1. The Morgan fingerprint density at radius 2 is 2.09 bits per heavy atom. The minimum absolute atomic E-state index is 0.0752. The summed E-state index contributed by atoms with van der Waals surface area (Å²) < 4.78 is 10.7. The van der Waals surface area contributed by atoms with E-state index in [-0.39, 0.29) is 18.1 Å². The predicted molar refractivity (Wildman–Crippen MR) is 86.0 cm³/mol. The van der Waals surface area contributed by atoms with Crippen LogP contribution >= 0.6 is 0 Å². The van der Waals surface area contributed by atoms with Crippen LogP contribution in [0.2, 0.25) is 0 Å². The van der Waals surface area contributed by atoms with Gasteiger partial charge in [0.2, 0.25) is 5.91 Å². The topological polar surface area (TPSA) is 50.8 Å². The summed E-state index contributed by atoms with van der Waals surface area (Å²) in [6, 6.07) is 8.12. The Labute approximate surface area is 132 Å². The Balaban J connectivity index is 2.08. The number of rotatable bonds is 6. The third kappa shape index (κ3) is 4.45. The van der Waals surface area contributed by atoms with Crippen molar-refractivity contribution in [2.24, 2.45) is 0 Å². The van der Waals surface area contributed by atoms with E-state index in [1.54, 1.807) is 7.11 Å². The maximum atomic E-state index is 12.3. The number of hydrogen-bond donors (Lipinski definition) is 1. The number of benzene rings is 1. The van der Waals surface area contributed by atoms with E-state index in [2.05, 4.69) is 5.32 Å². The van der Waals surface area contributed by atoms with E-state index in [0.29, 0.717) is 13.0 Å². The lowest BCUT2D eigenvalue weighted by molar-refractivity contribution is -0.135. The van der Waals surface area contributed by atoms with E-state index < -0.39 is 0 Å². The van der Waals surface area contributed by atoms with Crippen molar-refractivity contribution < 1.29 is 14.3 Å². The molecule has 2 rings (SSSR count). The molecular formula is C17H26N2O3. The van der Waals surface area contributed by atoms with Crippen LogP contribution in [0, 0.1) is 0 Å². The Hall–Kier alpha value is -1.59. The summed E-state index contributed by atoms with van der Waals surface area (Å²) in [6.07, 6.45) is 0.593. The summed E-state index contributed by atoms with van der Waals surface area (Å²) in [5, 5.41) is 3.36. The molecule has 1 N–H and O–H groups in total. The molecule has 1 aromatic rings. The molecule has 1 saturated heterocycles. The first-order valence-corrected chi connectivity index (χ1v) is 7.87. The molecule has 1 aliphatic rings. The van der Waals surface area contributed by atoms with Gasteiger partial charge in [-0.3, -0.25) is 4.79 Å². The van der Waals surface area contributed by atoms with Crippen molar-refractivity contribution in [3.8, 4) is 5.75 Å². The first kappa shape index (κ1) is 16.8. The lowest BCUT2D eigenvalue weighted by atomic mass is 10.0. The highest BCUT2D eigenvalue weighted by molar-refractivity contribution is 5.77. The van der Waals surface area contributed by atoms with Crippen LogP contribution in [0.1, 0.15) is 31.9 Å². The highest BCUT2D eigenvalue weighted by atomic mass is 16.5. The summed E-state index contributed by atoms with van der Waals surface area (Å²) in [5.41, 5.74) is 1.13. The van der Waals surface area contributed by atoms with Gasteiger partial charge in [-0.15, -0.1) is 0 Å². The Morgan fingerprint density at radius 3 is 2.73 bits per heavy atom. The van der Waals surface area contributed by atoms with Gasteiger partial charge in [-0.1, -0.05) is 12.1 Å². The van der Waals surface area contributed by atoms with Gasteiger partial charge >= 0.3 is 0 Å². The molecular weight excluding hydrogens is 280 g/mol. The van der Waals surface area contributed by atoms with E-state index in [1.165, 1.54) is 0 Å². The standard InChI is InChI=1S/C17H26N2O3/c1-13(2)22-15-6-4-14(5-7-15)16-12-18-9-10-19(16)17(20)8-11-21-3/h4-7,13,16,18H,8-12H2,1-3H3/t16-/m0/s1. The number of carbonyl (C=O) groups excluding carboxylic acids is 1. The average Bonchev–Trinajstić information content (AvgIpc) is 2.53. The molecule has 0 saturated carbocycles. The summed E-state index contributed by atoms with van der Waals surface area (Å²) in [4.78, 5) is 14.3. The number of amides is 1. The molecule has 1 aliphatic heterocycles. The quantitative estimate of drug-likeness (QED) is 0.873. The zero-order chi connectivity index (χ0) is 15.9. The second-order valence-electron chi connectivity index (χ2n) is 5.79. The number of methoxy groups -OCH3 is 1. The fourth-order valence-electron chi connectivity index (χ4n) is 2.67. The third-order valence-electron chi connectivity index (χ3n) is 3.72. The average molecular weight is 306 g/mol. The first-order valence-electron chi connectivity index (χ1n) is 7.87. The number of hydrogen-bond acceptors (Lipinski definition) is 4. The fraction of sp³-hybridized carbons (Fsp3) is 0.588. The molecule has 1 aromatic carbocycles. The molecule has 22 heavy (non-hydrogen) atoms. The van der Waals surface area contributed by atoms with Crippen molar-refractivity contribution in [1.29, 1.82) is 0 Å². The molecule has 0 bridgehead atoms.